The van der Waals surface area contributed by atoms with Crippen LogP contribution in [0.1, 0.15) is 22.7 Å². The van der Waals surface area contributed by atoms with Crippen LogP contribution < -0.4 is 10.6 Å². The highest BCUT2D eigenvalue weighted by molar-refractivity contribution is 6.30. The number of anilines is 2. The van der Waals surface area contributed by atoms with Crippen molar-refractivity contribution in [1.82, 2.24) is 14.8 Å². The maximum absolute atomic E-state index is 12.5. The molecule has 0 radical (unpaired) electrons. The summed E-state index contributed by atoms with van der Waals surface area (Å²) in [5.74, 6) is 0.117. The molecule has 1 aliphatic heterocycles. The number of carbonyl (C=O) groups is 1. The molecule has 0 saturated heterocycles. The predicted molar refractivity (Wildman–Crippen MR) is 138 cm³/mol. The molecule has 1 aliphatic rings. The van der Waals surface area contributed by atoms with Crippen molar-refractivity contribution in [2.75, 3.05) is 10.6 Å². The Kier molecular flexibility index (Phi) is 6.29. The minimum absolute atomic E-state index is 0.0537. The number of fused-ring (bicyclic) bond motifs is 1. The molecule has 0 saturated carbocycles. The first kappa shape index (κ1) is 23.0. The van der Waals surface area contributed by atoms with Gasteiger partial charge in [-0.1, -0.05) is 66.2 Å². The molecule has 1 aromatic heterocycles. The minimum Gasteiger partial charge on any atom is -0.324 e. The number of carbonyl (C=O) groups excluding carboxylic acids is 1. The smallest absolute Gasteiger partial charge is 0.270 e. The van der Waals surface area contributed by atoms with E-state index in [4.69, 9.17) is 11.6 Å². The quantitative estimate of drug-likeness (QED) is 0.205. The Morgan fingerprint density at radius 3 is 2.61 bits per heavy atom. The molecule has 4 aromatic rings. The number of hydrogen-bond donors (Lipinski definition) is 2. The van der Waals surface area contributed by atoms with Crippen molar-refractivity contribution in [3.05, 3.63) is 123 Å². The zero-order valence-electron chi connectivity index (χ0n) is 18.7. The maximum Gasteiger partial charge on any atom is 0.270 e. The Morgan fingerprint density at radius 2 is 1.86 bits per heavy atom. The lowest BCUT2D eigenvalue weighted by Gasteiger charge is -2.24. The zero-order chi connectivity index (χ0) is 25.1. The average molecular weight is 499 g/mol. The molecule has 36 heavy (non-hydrogen) atoms. The van der Waals surface area contributed by atoms with Gasteiger partial charge in [0.05, 0.1) is 4.92 Å². The highest BCUT2D eigenvalue weighted by atomic mass is 35.5. The second-order valence-electron chi connectivity index (χ2n) is 7.95. The molecule has 9 nitrogen and oxygen atoms in total. The van der Waals surface area contributed by atoms with Crippen LogP contribution in [0.15, 0.2) is 91.0 Å². The third kappa shape index (κ3) is 5.01. The van der Waals surface area contributed by atoms with Crippen molar-refractivity contribution in [3.8, 4) is 0 Å². The van der Waals surface area contributed by atoms with Crippen molar-refractivity contribution >= 4 is 46.9 Å². The standard InChI is InChI=1S/C26H19ClN6O3/c27-20-12-10-19(11-13-20)23-16-22(18-6-2-1-3-7-18)28-26-30-25(31-32(23)26)29-24(34)14-9-17-5-4-8-21(15-17)33(35)36/h1-16,23H,(H2,28,29,30,31,34)/b14-9+/t23-/m1/s1. The first-order valence-corrected chi connectivity index (χ1v) is 11.3. The van der Waals surface area contributed by atoms with Gasteiger partial charge in [-0.25, -0.2) is 4.68 Å². The largest absolute Gasteiger partial charge is 0.324 e. The highest BCUT2D eigenvalue weighted by Gasteiger charge is 2.25. The van der Waals surface area contributed by atoms with Gasteiger partial charge in [-0.15, -0.1) is 5.10 Å². The van der Waals surface area contributed by atoms with E-state index in [0.717, 1.165) is 16.8 Å². The van der Waals surface area contributed by atoms with Crippen LogP contribution in [0.5, 0.6) is 0 Å². The van der Waals surface area contributed by atoms with Crippen LogP contribution in [-0.2, 0) is 4.79 Å². The second-order valence-corrected chi connectivity index (χ2v) is 8.38. The van der Waals surface area contributed by atoms with Crippen molar-refractivity contribution in [2.24, 2.45) is 0 Å². The minimum atomic E-state index is -0.487. The van der Waals surface area contributed by atoms with Gasteiger partial charge in [0.2, 0.25) is 5.95 Å². The molecular weight excluding hydrogens is 480 g/mol. The zero-order valence-corrected chi connectivity index (χ0v) is 19.5. The average Bonchev–Trinajstić information content (AvgIpc) is 3.30. The normalized spacial score (nSPS) is 14.6. The summed E-state index contributed by atoms with van der Waals surface area (Å²) >= 11 is 6.09. The van der Waals surface area contributed by atoms with Gasteiger partial charge in [-0.05, 0) is 41.0 Å². The molecular formula is C26H19ClN6O3. The first-order chi connectivity index (χ1) is 17.5. The Bertz CT molecular complexity index is 1500. The topological polar surface area (TPSA) is 115 Å². The van der Waals surface area contributed by atoms with E-state index in [2.05, 4.69) is 20.7 Å². The number of allylic oxidation sites excluding steroid dienone is 1. The molecule has 1 atom stereocenters. The lowest BCUT2D eigenvalue weighted by atomic mass is 10.0. The van der Waals surface area contributed by atoms with Gasteiger partial charge in [-0.2, -0.15) is 4.98 Å². The monoisotopic (exact) mass is 498 g/mol. The predicted octanol–water partition coefficient (Wildman–Crippen LogP) is 5.55. The van der Waals surface area contributed by atoms with Gasteiger partial charge in [0.1, 0.15) is 6.04 Å². The van der Waals surface area contributed by atoms with Gasteiger partial charge in [0.25, 0.3) is 17.5 Å². The van der Waals surface area contributed by atoms with Gasteiger partial charge < -0.3 is 5.32 Å². The summed E-state index contributed by atoms with van der Waals surface area (Å²) in [7, 11) is 0. The third-order valence-electron chi connectivity index (χ3n) is 5.51. The van der Waals surface area contributed by atoms with E-state index in [9.17, 15) is 14.9 Å². The first-order valence-electron chi connectivity index (χ1n) is 11.0. The molecule has 2 heterocycles. The number of halogens is 1. The summed E-state index contributed by atoms with van der Waals surface area (Å²) in [6, 6.07) is 23.0. The summed E-state index contributed by atoms with van der Waals surface area (Å²) in [4.78, 5) is 27.5. The van der Waals surface area contributed by atoms with E-state index in [1.807, 2.05) is 60.7 Å². The fraction of sp³-hybridized carbons (Fsp3) is 0.0385. The van der Waals surface area contributed by atoms with Crippen LogP contribution in [0.2, 0.25) is 5.02 Å². The molecule has 3 aromatic carbocycles. The van der Waals surface area contributed by atoms with Gasteiger partial charge in [0, 0.05) is 28.9 Å². The Balaban J connectivity index is 1.40. The molecule has 2 N–H and O–H groups in total. The Hall–Kier alpha value is -4.76. The van der Waals surface area contributed by atoms with Crippen molar-refractivity contribution in [3.63, 3.8) is 0 Å². The Labute approximate surface area is 210 Å². The number of nitrogens with zero attached hydrogens (tertiary/aromatic N) is 4. The van der Waals surface area contributed by atoms with Crippen molar-refractivity contribution in [1.29, 1.82) is 0 Å². The summed E-state index contributed by atoms with van der Waals surface area (Å²) in [5, 5.41) is 22.0. The lowest BCUT2D eigenvalue weighted by Crippen LogP contribution is -2.20. The molecule has 0 spiro atoms. The number of amides is 1. The van der Waals surface area contributed by atoms with E-state index in [1.54, 1.807) is 16.8 Å². The van der Waals surface area contributed by atoms with Gasteiger partial charge in [0.15, 0.2) is 0 Å². The van der Waals surface area contributed by atoms with Gasteiger partial charge in [-0.3, -0.25) is 20.2 Å². The fourth-order valence-corrected chi connectivity index (χ4v) is 3.92. The maximum atomic E-state index is 12.5. The number of benzene rings is 3. The van der Waals surface area contributed by atoms with Crippen molar-refractivity contribution < 1.29 is 9.72 Å². The molecule has 5 rings (SSSR count). The summed E-state index contributed by atoms with van der Waals surface area (Å²) in [6.07, 6.45) is 4.80. The van der Waals surface area contributed by atoms with E-state index < -0.39 is 10.8 Å². The van der Waals surface area contributed by atoms with Crippen molar-refractivity contribution in [2.45, 2.75) is 6.04 Å². The van der Waals surface area contributed by atoms with E-state index in [1.165, 1.54) is 24.3 Å². The number of hydrogen-bond acceptors (Lipinski definition) is 6. The number of nitro groups is 1. The molecule has 0 unspecified atom stereocenters. The number of rotatable bonds is 6. The number of nitro benzene ring substituents is 1. The lowest BCUT2D eigenvalue weighted by molar-refractivity contribution is -0.384. The van der Waals surface area contributed by atoms with Crippen LogP contribution in [0.3, 0.4) is 0 Å². The molecule has 178 valence electrons. The van der Waals surface area contributed by atoms with Crippen LogP contribution in [0.25, 0.3) is 11.8 Å². The molecule has 0 aliphatic carbocycles. The Morgan fingerprint density at radius 1 is 1.08 bits per heavy atom. The van der Waals surface area contributed by atoms with Crippen LogP contribution in [0.4, 0.5) is 17.6 Å². The molecule has 10 heteroatoms. The third-order valence-corrected chi connectivity index (χ3v) is 5.76. The van der Waals surface area contributed by atoms with Crippen LogP contribution >= 0.6 is 11.6 Å². The van der Waals surface area contributed by atoms with Gasteiger partial charge >= 0.3 is 0 Å². The molecule has 1 amide bonds. The van der Waals surface area contributed by atoms with E-state index in [0.29, 0.717) is 16.5 Å². The van der Waals surface area contributed by atoms with Crippen LogP contribution in [0, 0.1) is 10.1 Å². The number of aromatic nitrogens is 3. The fourth-order valence-electron chi connectivity index (χ4n) is 3.80. The summed E-state index contributed by atoms with van der Waals surface area (Å²) in [5.41, 5.74) is 3.26. The number of nitrogens with one attached hydrogen (secondary N) is 2. The highest BCUT2D eigenvalue weighted by Crippen LogP contribution is 2.33. The summed E-state index contributed by atoms with van der Waals surface area (Å²) < 4.78 is 1.69. The molecule has 0 fully saturated rings. The van der Waals surface area contributed by atoms with E-state index in [-0.39, 0.29) is 17.7 Å². The SMILES string of the molecule is O=C(/C=C/c1cccc([N+](=O)[O-])c1)Nc1nc2n(n1)[C@@H](c1ccc(Cl)cc1)C=C(c1ccccc1)N2. The molecule has 0 bridgehead atoms. The van der Waals surface area contributed by atoms with E-state index >= 15 is 0 Å². The van der Waals surface area contributed by atoms with Crippen LogP contribution in [-0.4, -0.2) is 25.6 Å². The number of non-ortho nitro benzene ring substituents is 1. The summed E-state index contributed by atoms with van der Waals surface area (Å²) in [6.45, 7) is 0. The second kappa shape index (κ2) is 9.85.